The molecule has 0 bridgehead atoms. The van der Waals surface area contributed by atoms with Crippen LogP contribution in [0, 0.1) is 0 Å². The molecule has 6 nitrogen and oxygen atoms in total. The number of hydrazine groups is 1. The Balaban J connectivity index is 1.51. The molecule has 6 heteroatoms. The molecule has 0 saturated carbocycles. The van der Waals surface area contributed by atoms with E-state index in [0.29, 0.717) is 5.75 Å². The third kappa shape index (κ3) is 3.68. The average molecular weight is 310 g/mol. The normalized spacial score (nSPS) is 10.3. The summed E-state index contributed by atoms with van der Waals surface area (Å²) < 4.78 is 10.3. The van der Waals surface area contributed by atoms with Crippen molar-refractivity contribution in [3.05, 3.63) is 66.6 Å². The van der Waals surface area contributed by atoms with Crippen LogP contribution < -0.4 is 15.6 Å². The van der Waals surface area contributed by atoms with Crippen LogP contribution in [0.3, 0.4) is 0 Å². The van der Waals surface area contributed by atoms with Crippen LogP contribution in [-0.4, -0.2) is 18.4 Å². The molecule has 2 aromatic carbocycles. The predicted octanol–water partition coefficient (Wildman–Crippen LogP) is 2.27. The fourth-order valence-electron chi connectivity index (χ4n) is 2.04. The van der Waals surface area contributed by atoms with Crippen LogP contribution in [0.25, 0.3) is 10.8 Å². The van der Waals surface area contributed by atoms with Gasteiger partial charge in [0.1, 0.15) is 5.75 Å². The van der Waals surface area contributed by atoms with Gasteiger partial charge in [0.05, 0.1) is 6.26 Å². The largest absolute Gasteiger partial charge is 0.484 e. The molecule has 2 N–H and O–H groups in total. The molecule has 0 radical (unpaired) electrons. The van der Waals surface area contributed by atoms with Crippen molar-refractivity contribution in [3.63, 3.8) is 0 Å². The summed E-state index contributed by atoms with van der Waals surface area (Å²) in [6.45, 7) is -0.212. The molecule has 0 aliphatic heterocycles. The fourth-order valence-corrected chi connectivity index (χ4v) is 2.04. The van der Waals surface area contributed by atoms with Crippen LogP contribution in [0.2, 0.25) is 0 Å². The molecule has 23 heavy (non-hydrogen) atoms. The van der Waals surface area contributed by atoms with E-state index in [2.05, 4.69) is 10.9 Å². The van der Waals surface area contributed by atoms with Crippen LogP contribution in [0.4, 0.5) is 0 Å². The van der Waals surface area contributed by atoms with Crippen LogP contribution in [0.15, 0.2) is 65.3 Å². The summed E-state index contributed by atoms with van der Waals surface area (Å²) in [5.74, 6) is -0.316. The van der Waals surface area contributed by atoms with Gasteiger partial charge in [0.25, 0.3) is 5.91 Å². The Kier molecular flexibility index (Phi) is 4.24. The minimum Gasteiger partial charge on any atom is -0.484 e. The highest BCUT2D eigenvalue weighted by molar-refractivity contribution is 5.93. The molecule has 2 amide bonds. The van der Waals surface area contributed by atoms with E-state index in [9.17, 15) is 9.59 Å². The second-order valence-electron chi connectivity index (χ2n) is 4.78. The fraction of sp³-hybridized carbons (Fsp3) is 0.0588. The highest BCUT2D eigenvalue weighted by Gasteiger charge is 2.10. The van der Waals surface area contributed by atoms with E-state index in [0.717, 1.165) is 10.8 Å². The molecule has 0 atom stereocenters. The number of nitrogens with one attached hydrogen (secondary N) is 2. The molecule has 1 heterocycles. The molecular formula is C17H14N2O4. The maximum Gasteiger partial charge on any atom is 0.305 e. The van der Waals surface area contributed by atoms with E-state index in [-0.39, 0.29) is 12.4 Å². The molecule has 3 rings (SSSR count). The average Bonchev–Trinajstić information content (AvgIpc) is 3.12. The molecule has 116 valence electrons. The van der Waals surface area contributed by atoms with Crippen molar-refractivity contribution < 1.29 is 18.7 Å². The van der Waals surface area contributed by atoms with Gasteiger partial charge in [-0.05, 0) is 35.0 Å². The van der Waals surface area contributed by atoms with Crippen molar-refractivity contribution in [1.29, 1.82) is 0 Å². The molecular weight excluding hydrogens is 296 g/mol. The Morgan fingerprint density at radius 1 is 0.957 bits per heavy atom. The topological polar surface area (TPSA) is 80.6 Å². The number of amides is 2. The number of carbonyl (C=O) groups is 2. The van der Waals surface area contributed by atoms with Gasteiger partial charge in [-0.3, -0.25) is 20.4 Å². The second kappa shape index (κ2) is 6.65. The van der Waals surface area contributed by atoms with E-state index in [1.165, 1.54) is 12.3 Å². The Hall–Kier alpha value is -3.28. The quantitative estimate of drug-likeness (QED) is 0.724. The van der Waals surface area contributed by atoms with Gasteiger partial charge in [-0.25, -0.2) is 0 Å². The number of benzene rings is 2. The van der Waals surface area contributed by atoms with E-state index in [1.807, 2.05) is 36.4 Å². The van der Waals surface area contributed by atoms with Crippen molar-refractivity contribution in [3.8, 4) is 5.75 Å². The van der Waals surface area contributed by atoms with Gasteiger partial charge in [-0.2, -0.15) is 0 Å². The van der Waals surface area contributed by atoms with Crippen LogP contribution in [0.1, 0.15) is 10.6 Å². The Morgan fingerprint density at radius 3 is 2.57 bits per heavy atom. The number of hydrogen-bond acceptors (Lipinski definition) is 4. The number of ether oxygens (including phenoxy) is 1. The Bertz CT molecular complexity index is 827. The van der Waals surface area contributed by atoms with E-state index in [1.54, 1.807) is 12.1 Å². The number of furan rings is 1. The van der Waals surface area contributed by atoms with Gasteiger partial charge in [0, 0.05) is 0 Å². The predicted molar refractivity (Wildman–Crippen MR) is 83.8 cm³/mol. The van der Waals surface area contributed by atoms with E-state index < -0.39 is 11.8 Å². The standard InChI is InChI=1S/C17H14N2O4/c20-16(18-19-17(21)15-6-3-9-22-15)11-23-14-8-7-12-4-1-2-5-13(12)10-14/h1-10H,11H2,(H,18,20)(H,19,21). The first-order valence-corrected chi connectivity index (χ1v) is 6.97. The van der Waals surface area contributed by atoms with E-state index >= 15 is 0 Å². The SMILES string of the molecule is O=C(COc1ccc2ccccc2c1)NNC(=O)c1ccco1. The van der Waals surface area contributed by atoms with Crippen molar-refractivity contribution in [2.45, 2.75) is 0 Å². The second-order valence-corrected chi connectivity index (χ2v) is 4.78. The van der Waals surface area contributed by atoms with Gasteiger partial charge in [-0.15, -0.1) is 0 Å². The smallest absolute Gasteiger partial charge is 0.305 e. The number of fused-ring (bicyclic) bond motifs is 1. The van der Waals surface area contributed by atoms with Gasteiger partial charge >= 0.3 is 5.91 Å². The lowest BCUT2D eigenvalue weighted by Crippen LogP contribution is -2.43. The third-order valence-electron chi connectivity index (χ3n) is 3.15. The minimum absolute atomic E-state index is 0.112. The number of carbonyl (C=O) groups excluding carboxylic acids is 2. The van der Waals surface area contributed by atoms with Crippen molar-refractivity contribution >= 4 is 22.6 Å². The summed E-state index contributed by atoms with van der Waals surface area (Å²) in [7, 11) is 0. The lowest BCUT2D eigenvalue weighted by Gasteiger charge is -2.08. The maximum atomic E-state index is 11.7. The summed E-state index contributed by atoms with van der Waals surface area (Å²) in [5.41, 5.74) is 4.49. The van der Waals surface area contributed by atoms with Gasteiger partial charge in [0.2, 0.25) is 0 Å². The summed E-state index contributed by atoms with van der Waals surface area (Å²) in [6.07, 6.45) is 1.37. The van der Waals surface area contributed by atoms with Crippen molar-refractivity contribution in [2.75, 3.05) is 6.61 Å². The molecule has 0 aliphatic rings. The van der Waals surface area contributed by atoms with Crippen LogP contribution >= 0.6 is 0 Å². The molecule has 1 aromatic heterocycles. The first kappa shape index (κ1) is 14.6. The zero-order chi connectivity index (χ0) is 16.1. The number of rotatable bonds is 4. The zero-order valence-corrected chi connectivity index (χ0v) is 12.1. The monoisotopic (exact) mass is 310 g/mol. The van der Waals surface area contributed by atoms with Crippen LogP contribution in [0.5, 0.6) is 5.75 Å². The highest BCUT2D eigenvalue weighted by Crippen LogP contribution is 2.20. The lowest BCUT2D eigenvalue weighted by molar-refractivity contribution is -0.123. The highest BCUT2D eigenvalue weighted by atomic mass is 16.5. The third-order valence-corrected chi connectivity index (χ3v) is 3.15. The molecule has 0 saturated heterocycles. The molecule has 0 spiro atoms. The van der Waals surface area contributed by atoms with Crippen molar-refractivity contribution in [1.82, 2.24) is 10.9 Å². The maximum absolute atomic E-state index is 11.7. The van der Waals surface area contributed by atoms with Gasteiger partial charge in [-0.1, -0.05) is 30.3 Å². The van der Waals surface area contributed by atoms with Gasteiger partial charge < -0.3 is 9.15 Å². The lowest BCUT2D eigenvalue weighted by atomic mass is 10.1. The van der Waals surface area contributed by atoms with E-state index in [4.69, 9.17) is 9.15 Å². The first-order chi connectivity index (χ1) is 11.2. The van der Waals surface area contributed by atoms with Crippen molar-refractivity contribution in [2.24, 2.45) is 0 Å². The molecule has 0 unspecified atom stereocenters. The Morgan fingerprint density at radius 2 is 1.78 bits per heavy atom. The first-order valence-electron chi connectivity index (χ1n) is 6.97. The number of hydrogen-bond donors (Lipinski definition) is 2. The summed E-state index contributed by atoms with van der Waals surface area (Å²) >= 11 is 0. The van der Waals surface area contributed by atoms with Gasteiger partial charge in [0.15, 0.2) is 12.4 Å². The Labute approximate surface area is 132 Å². The zero-order valence-electron chi connectivity index (χ0n) is 12.1. The van der Waals surface area contributed by atoms with Crippen LogP contribution in [-0.2, 0) is 4.79 Å². The summed E-state index contributed by atoms with van der Waals surface area (Å²) in [5, 5.41) is 2.12. The summed E-state index contributed by atoms with van der Waals surface area (Å²) in [4.78, 5) is 23.2. The molecule has 0 aliphatic carbocycles. The summed E-state index contributed by atoms with van der Waals surface area (Å²) in [6, 6.07) is 16.5. The molecule has 0 fully saturated rings. The minimum atomic E-state index is -0.533. The molecule has 3 aromatic rings.